The van der Waals surface area contributed by atoms with E-state index in [9.17, 15) is 20.4 Å². The molecule has 17 heavy (non-hydrogen) atoms. The number of hydrogen-bond donors (Lipinski definition) is 4. The van der Waals surface area contributed by atoms with Crippen molar-refractivity contribution in [1.29, 1.82) is 0 Å². The van der Waals surface area contributed by atoms with Crippen LogP contribution in [0.15, 0.2) is 0 Å². The molecule has 0 radical (unpaired) electrons. The first-order valence-electron chi connectivity index (χ1n) is 6.48. The molecule has 0 bridgehead atoms. The van der Waals surface area contributed by atoms with Crippen LogP contribution in [0.5, 0.6) is 0 Å². The third-order valence-corrected chi connectivity index (χ3v) is 4.23. The average molecular weight is 245 g/mol. The summed E-state index contributed by atoms with van der Waals surface area (Å²) in [5, 5.41) is 38.4. The Hall–Kier alpha value is -0.200. The fraction of sp³-hybridized carbons (Fsp3) is 1.00. The Balaban J connectivity index is 2.02. The van der Waals surface area contributed by atoms with Gasteiger partial charge in [0.15, 0.2) is 0 Å². The van der Waals surface area contributed by atoms with E-state index in [2.05, 4.69) is 4.90 Å². The Bertz CT molecular complexity index is 259. The predicted octanol–water partition coefficient (Wildman–Crippen LogP) is -0.923. The van der Waals surface area contributed by atoms with Gasteiger partial charge in [0.05, 0.1) is 31.0 Å². The Kier molecular flexibility index (Phi) is 4.05. The van der Waals surface area contributed by atoms with Crippen LogP contribution in [0.25, 0.3) is 0 Å². The molecule has 0 aromatic carbocycles. The number of rotatable bonds is 4. The summed E-state index contributed by atoms with van der Waals surface area (Å²) in [5.74, 6) is 0. The monoisotopic (exact) mass is 245 g/mol. The molecule has 100 valence electrons. The van der Waals surface area contributed by atoms with E-state index in [1.54, 1.807) is 6.92 Å². The second kappa shape index (κ2) is 5.20. The van der Waals surface area contributed by atoms with Crippen molar-refractivity contribution in [3.8, 4) is 0 Å². The van der Waals surface area contributed by atoms with E-state index < -0.39 is 12.2 Å². The average Bonchev–Trinajstić information content (AvgIpc) is 2.79. The van der Waals surface area contributed by atoms with Crippen molar-refractivity contribution in [2.45, 2.75) is 69.0 Å². The maximum atomic E-state index is 9.91. The van der Waals surface area contributed by atoms with Crippen LogP contribution in [0.4, 0.5) is 0 Å². The van der Waals surface area contributed by atoms with Gasteiger partial charge >= 0.3 is 0 Å². The highest BCUT2D eigenvalue weighted by molar-refractivity contribution is 5.06. The van der Waals surface area contributed by atoms with E-state index in [0.717, 1.165) is 25.7 Å². The molecule has 4 N–H and O–H groups in total. The van der Waals surface area contributed by atoms with Gasteiger partial charge in [-0.1, -0.05) is 0 Å². The van der Waals surface area contributed by atoms with Gasteiger partial charge in [-0.2, -0.15) is 0 Å². The quantitative estimate of drug-likeness (QED) is 0.515. The zero-order valence-electron chi connectivity index (χ0n) is 10.2. The van der Waals surface area contributed by atoms with Crippen molar-refractivity contribution in [3.05, 3.63) is 0 Å². The summed E-state index contributed by atoms with van der Waals surface area (Å²) in [6.45, 7) is 1.64. The molecule has 0 spiro atoms. The summed E-state index contributed by atoms with van der Waals surface area (Å²) >= 11 is 0. The molecule has 0 saturated carbocycles. The van der Waals surface area contributed by atoms with Crippen LogP contribution in [0.3, 0.4) is 0 Å². The lowest BCUT2D eigenvalue weighted by atomic mass is 10.0. The van der Waals surface area contributed by atoms with Gasteiger partial charge in [-0.3, -0.25) is 4.90 Å². The molecule has 0 unspecified atom stereocenters. The van der Waals surface area contributed by atoms with Crippen molar-refractivity contribution >= 4 is 0 Å². The minimum absolute atomic E-state index is 0.0267. The summed E-state index contributed by atoms with van der Waals surface area (Å²) in [7, 11) is 0. The lowest BCUT2D eigenvalue weighted by Gasteiger charge is -2.30. The smallest absolute Gasteiger partial charge is 0.0991 e. The zero-order valence-corrected chi connectivity index (χ0v) is 10.2. The normalized spacial score (nSPS) is 43.9. The molecule has 0 aromatic rings. The third kappa shape index (κ3) is 2.35. The van der Waals surface area contributed by atoms with Gasteiger partial charge < -0.3 is 20.4 Å². The van der Waals surface area contributed by atoms with Crippen LogP contribution in [0.1, 0.15) is 32.6 Å². The molecule has 2 fully saturated rings. The molecule has 5 heteroatoms. The zero-order chi connectivity index (χ0) is 12.6. The molecule has 0 amide bonds. The molecule has 0 aliphatic carbocycles. The third-order valence-electron chi connectivity index (χ3n) is 4.23. The van der Waals surface area contributed by atoms with E-state index >= 15 is 0 Å². The molecule has 5 nitrogen and oxygen atoms in total. The Morgan fingerprint density at radius 2 is 1.94 bits per heavy atom. The van der Waals surface area contributed by atoms with Crippen molar-refractivity contribution < 1.29 is 20.4 Å². The maximum absolute atomic E-state index is 9.91. The van der Waals surface area contributed by atoms with Crippen LogP contribution in [0, 0.1) is 0 Å². The molecular formula is C12H23NO4. The molecule has 2 rings (SSSR count). The summed E-state index contributed by atoms with van der Waals surface area (Å²) in [6.07, 6.45) is 1.49. The van der Waals surface area contributed by atoms with Crippen molar-refractivity contribution in [1.82, 2.24) is 4.90 Å². The van der Waals surface area contributed by atoms with Gasteiger partial charge in [-0.15, -0.1) is 0 Å². The summed E-state index contributed by atoms with van der Waals surface area (Å²) < 4.78 is 0. The highest BCUT2D eigenvalue weighted by atomic mass is 16.3. The molecular weight excluding hydrogens is 222 g/mol. The summed E-state index contributed by atoms with van der Waals surface area (Å²) in [6, 6.07) is -0.115. The van der Waals surface area contributed by atoms with E-state index in [1.165, 1.54) is 0 Å². The fourth-order valence-electron chi connectivity index (χ4n) is 3.36. The van der Waals surface area contributed by atoms with E-state index in [4.69, 9.17) is 0 Å². The topological polar surface area (TPSA) is 84.2 Å². The Morgan fingerprint density at radius 1 is 1.24 bits per heavy atom. The first-order valence-corrected chi connectivity index (χ1v) is 6.48. The van der Waals surface area contributed by atoms with E-state index in [0.29, 0.717) is 0 Å². The van der Waals surface area contributed by atoms with Crippen molar-refractivity contribution in [2.24, 2.45) is 0 Å². The molecule has 2 aliphatic rings. The Labute approximate surface area is 102 Å². The van der Waals surface area contributed by atoms with Gasteiger partial charge in [-0.05, 0) is 32.6 Å². The number of hydrogen-bond acceptors (Lipinski definition) is 5. The number of nitrogens with zero attached hydrogens (tertiary/aromatic N) is 1. The summed E-state index contributed by atoms with van der Waals surface area (Å²) in [5.41, 5.74) is 0. The van der Waals surface area contributed by atoms with Gasteiger partial charge in [0.2, 0.25) is 0 Å². The Morgan fingerprint density at radius 3 is 2.53 bits per heavy atom. The van der Waals surface area contributed by atoms with E-state index in [1.807, 2.05) is 0 Å². The predicted molar refractivity (Wildman–Crippen MR) is 62.5 cm³/mol. The van der Waals surface area contributed by atoms with Crippen LogP contribution >= 0.6 is 0 Å². The lowest BCUT2D eigenvalue weighted by molar-refractivity contribution is 0.0118. The number of aliphatic hydroxyl groups is 4. The minimum atomic E-state index is -0.848. The number of fused-ring (bicyclic) bond motifs is 1. The molecule has 2 aliphatic heterocycles. The SMILES string of the molecule is C[C@H](O)CC[C@@H]1CC[C@@H]2[C@@H](O)[C@H](O)[C@@H](CO)N12. The lowest BCUT2D eigenvalue weighted by Crippen LogP contribution is -2.43. The van der Waals surface area contributed by atoms with Crippen LogP contribution in [-0.2, 0) is 0 Å². The molecule has 2 heterocycles. The fourth-order valence-corrected chi connectivity index (χ4v) is 3.36. The molecule has 2 saturated heterocycles. The summed E-state index contributed by atoms with van der Waals surface area (Å²) in [4.78, 5) is 2.07. The largest absolute Gasteiger partial charge is 0.395 e. The van der Waals surface area contributed by atoms with Crippen molar-refractivity contribution in [3.63, 3.8) is 0 Å². The van der Waals surface area contributed by atoms with Crippen molar-refractivity contribution in [2.75, 3.05) is 6.61 Å². The van der Waals surface area contributed by atoms with E-state index in [-0.39, 0.29) is 30.8 Å². The first-order chi connectivity index (χ1) is 8.06. The highest BCUT2D eigenvalue weighted by Gasteiger charge is 2.52. The number of aliphatic hydroxyl groups excluding tert-OH is 4. The van der Waals surface area contributed by atoms with Gasteiger partial charge in [-0.25, -0.2) is 0 Å². The second-order valence-corrected chi connectivity index (χ2v) is 5.40. The van der Waals surface area contributed by atoms with Gasteiger partial charge in [0, 0.05) is 12.1 Å². The minimum Gasteiger partial charge on any atom is -0.395 e. The van der Waals surface area contributed by atoms with Gasteiger partial charge in [0.1, 0.15) is 0 Å². The first kappa shape index (κ1) is 13.2. The highest BCUT2D eigenvalue weighted by Crippen LogP contribution is 2.38. The van der Waals surface area contributed by atoms with Crippen LogP contribution in [0.2, 0.25) is 0 Å². The second-order valence-electron chi connectivity index (χ2n) is 5.40. The van der Waals surface area contributed by atoms with Crippen LogP contribution < -0.4 is 0 Å². The standard InChI is InChI=1S/C12H23NO4/c1-7(15)2-3-8-4-5-9-11(16)12(17)10(6-14)13(8)9/h7-12,14-17H,2-6H2,1H3/t7-,8+,9+,10+,11+,12+/m0/s1. The molecule has 0 aromatic heterocycles. The molecule has 6 atom stereocenters. The van der Waals surface area contributed by atoms with Crippen LogP contribution in [-0.4, -0.2) is 68.4 Å². The van der Waals surface area contributed by atoms with Gasteiger partial charge in [0.25, 0.3) is 0 Å². The maximum Gasteiger partial charge on any atom is 0.0991 e.